The molecule has 0 aliphatic carbocycles. The van der Waals surface area contributed by atoms with Gasteiger partial charge in [-0.05, 0) is 19.9 Å². The van der Waals surface area contributed by atoms with Crippen molar-refractivity contribution in [3.8, 4) is 0 Å². The molecule has 5 nitrogen and oxygen atoms in total. The van der Waals surface area contributed by atoms with E-state index in [4.69, 9.17) is 9.26 Å². The van der Waals surface area contributed by atoms with Gasteiger partial charge in [0.05, 0.1) is 0 Å². The van der Waals surface area contributed by atoms with E-state index in [1.807, 2.05) is 6.92 Å². The lowest BCUT2D eigenvalue weighted by molar-refractivity contribution is 0.145. The molecule has 14 heavy (non-hydrogen) atoms. The van der Waals surface area contributed by atoms with E-state index in [2.05, 4.69) is 15.5 Å². The zero-order chi connectivity index (χ0) is 10.1. The quantitative estimate of drug-likeness (QED) is 0.622. The highest BCUT2D eigenvalue weighted by Crippen LogP contribution is 1.90. The van der Waals surface area contributed by atoms with E-state index in [9.17, 15) is 0 Å². The molecule has 1 rings (SSSR count). The number of hydrogen-bond acceptors (Lipinski definition) is 5. The van der Waals surface area contributed by atoms with E-state index < -0.39 is 0 Å². The van der Waals surface area contributed by atoms with Crippen molar-refractivity contribution in [1.82, 2.24) is 15.5 Å². The molecule has 5 heteroatoms. The summed E-state index contributed by atoms with van der Waals surface area (Å²) in [7, 11) is 0. The fourth-order valence-corrected chi connectivity index (χ4v) is 1.07. The summed E-state index contributed by atoms with van der Waals surface area (Å²) in [6, 6.07) is 0. The number of aromatic nitrogens is 2. The molecule has 0 atom stereocenters. The average molecular weight is 199 g/mol. The lowest BCUT2D eigenvalue weighted by atomic mass is 10.4. The Morgan fingerprint density at radius 3 is 3.14 bits per heavy atom. The largest absolute Gasteiger partial charge is 0.382 e. The van der Waals surface area contributed by atoms with Gasteiger partial charge in [0, 0.05) is 26.2 Å². The highest BCUT2D eigenvalue weighted by Gasteiger charge is 1.97. The Bertz CT molecular complexity index is 214. The van der Waals surface area contributed by atoms with E-state index in [-0.39, 0.29) is 0 Å². The zero-order valence-corrected chi connectivity index (χ0v) is 8.53. The van der Waals surface area contributed by atoms with Crippen LogP contribution in [0.5, 0.6) is 0 Å². The fourth-order valence-electron chi connectivity index (χ4n) is 1.07. The molecule has 0 spiro atoms. The third-order valence-corrected chi connectivity index (χ3v) is 1.77. The van der Waals surface area contributed by atoms with Gasteiger partial charge in [0.15, 0.2) is 6.33 Å². The highest BCUT2D eigenvalue weighted by molar-refractivity contribution is 4.74. The van der Waals surface area contributed by atoms with Crippen LogP contribution in [0.25, 0.3) is 0 Å². The van der Waals surface area contributed by atoms with Gasteiger partial charge in [-0.2, -0.15) is 4.98 Å². The summed E-state index contributed by atoms with van der Waals surface area (Å²) in [5.74, 6) is 0.683. The lowest BCUT2D eigenvalue weighted by Gasteiger charge is -2.02. The summed E-state index contributed by atoms with van der Waals surface area (Å²) in [5, 5.41) is 6.80. The van der Waals surface area contributed by atoms with Gasteiger partial charge in [-0.15, -0.1) is 0 Å². The third kappa shape index (κ3) is 4.94. The van der Waals surface area contributed by atoms with Crippen LogP contribution in [0.1, 0.15) is 19.2 Å². The van der Waals surface area contributed by atoms with Crippen LogP contribution < -0.4 is 5.32 Å². The van der Waals surface area contributed by atoms with Crippen LogP contribution in [-0.4, -0.2) is 36.4 Å². The molecule has 0 bridgehead atoms. The normalized spacial score (nSPS) is 10.6. The van der Waals surface area contributed by atoms with Crippen molar-refractivity contribution in [2.45, 2.75) is 19.8 Å². The van der Waals surface area contributed by atoms with Crippen molar-refractivity contribution in [3.63, 3.8) is 0 Å². The molecular formula is C9H17N3O2. The van der Waals surface area contributed by atoms with Gasteiger partial charge >= 0.3 is 0 Å². The summed E-state index contributed by atoms with van der Waals surface area (Å²) in [6.07, 6.45) is 3.25. The first kappa shape index (κ1) is 11.1. The van der Waals surface area contributed by atoms with Crippen molar-refractivity contribution >= 4 is 0 Å². The van der Waals surface area contributed by atoms with Gasteiger partial charge in [0.25, 0.3) is 0 Å². The van der Waals surface area contributed by atoms with Gasteiger partial charge in [0.1, 0.15) is 0 Å². The molecule has 80 valence electrons. The van der Waals surface area contributed by atoms with Crippen molar-refractivity contribution in [1.29, 1.82) is 0 Å². The molecule has 0 fully saturated rings. The van der Waals surface area contributed by atoms with Crippen LogP contribution in [0.15, 0.2) is 10.9 Å². The zero-order valence-electron chi connectivity index (χ0n) is 8.53. The Kier molecular flexibility index (Phi) is 5.94. The molecule has 1 aromatic rings. The Morgan fingerprint density at radius 2 is 2.43 bits per heavy atom. The molecule has 0 saturated heterocycles. The van der Waals surface area contributed by atoms with Crippen molar-refractivity contribution in [2.75, 3.05) is 26.3 Å². The minimum atomic E-state index is 0.683. The van der Waals surface area contributed by atoms with Gasteiger partial charge in [0.2, 0.25) is 5.89 Å². The van der Waals surface area contributed by atoms with E-state index in [1.54, 1.807) is 0 Å². The van der Waals surface area contributed by atoms with E-state index >= 15 is 0 Å². The molecule has 0 amide bonds. The van der Waals surface area contributed by atoms with Gasteiger partial charge in [-0.1, -0.05) is 5.16 Å². The second-order valence-electron chi connectivity index (χ2n) is 2.89. The minimum Gasteiger partial charge on any atom is -0.382 e. The molecule has 0 saturated carbocycles. The van der Waals surface area contributed by atoms with Gasteiger partial charge in [-0.3, -0.25) is 0 Å². The summed E-state index contributed by atoms with van der Waals surface area (Å²) in [6.45, 7) is 5.46. The van der Waals surface area contributed by atoms with Crippen molar-refractivity contribution in [3.05, 3.63) is 12.2 Å². The number of hydrogen-bond donors (Lipinski definition) is 1. The molecule has 0 aliphatic heterocycles. The molecule has 0 aliphatic rings. The number of ether oxygens (including phenoxy) is 1. The summed E-state index contributed by atoms with van der Waals surface area (Å²) < 4.78 is 10.1. The first-order valence-corrected chi connectivity index (χ1v) is 4.97. The Labute approximate surface area is 83.8 Å². The number of rotatable bonds is 8. The molecule has 0 aromatic carbocycles. The summed E-state index contributed by atoms with van der Waals surface area (Å²) in [4.78, 5) is 3.92. The molecular weight excluding hydrogens is 182 g/mol. The maximum absolute atomic E-state index is 5.21. The van der Waals surface area contributed by atoms with Crippen LogP contribution in [0.2, 0.25) is 0 Å². The van der Waals surface area contributed by atoms with E-state index in [0.29, 0.717) is 5.89 Å². The fraction of sp³-hybridized carbons (Fsp3) is 0.778. The first-order valence-electron chi connectivity index (χ1n) is 4.97. The number of nitrogens with zero attached hydrogens (tertiary/aromatic N) is 2. The maximum atomic E-state index is 5.21. The Balaban J connectivity index is 1.85. The average Bonchev–Trinajstić information content (AvgIpc) is 2.69. The summed E-state index contributed by atoms with van der Waals surface area (Å²) in [5.41, 5.74) is 0. The van der Waals surface area contributed by atoms with Gasteiger partial charge < -0.3 is 14.6 Å². The smallest absolute Gasteiger partial charge is 0.227 e. The predicted molar refractivity (Wildman–Crippen MR) is 52.0 cm³/mol. The highest BCUT2D eigenvalue weighted by atomic mass is 16.5. The second-order valence-corrected chi connectivity index (χ2v) is 2.89. The van der Waals surface area contributed by atoms with Crippen LogP contribution in [-0.2, 0) is 11.2 Å². The molecule has 1 N–H and O–H groups in total. The van der Waals surface area contributed by atoms with Crippen molar-refractivity contribution < 1.29 is 9.26 Å². The number of nitrogens with one attached hydrogen (secondary N) is 1. The van der Waals surface area contributed by atoms with Crippen LogP contribution in [0, 0.1) is 0 Å². The topological polar surface area (TPSA) is 60.2 Å². The SMILES string of the molecule is CCOCCCNCCc1ncno1. The molecule has 1 aromatic heterocycles. The maximum Gasteiger partial charge on any atom is 0.227 e. The minimum absolute atomic E-state index is 0.683. The molecule has 0 unspecified atom stereocenters. The van der Waals surface area contributed by atoms with Crippen LogP contribution >= 0.6 is 0 Å². The van der Waals surface area contributed by atoms with Gasteiger partial charge in [-0.25, -0.2) is 0 Å². The monoisotopic (exact) mass is 199 g/mol. The lowest BCUT2D eigenvalue weighted by Crippen LogP contribution is -2.19. The van der Waals surface area contributed by atoms with E-state index in [0.717, 1.165) is 39.1 Å². The van der Waals surface area contributed by atoms with Crippen LogP contribution in [0.3, 0.4) is 0 Å². The summed E-state index contributed by atoms with van der Waals surface area (Å²) >= 11 is 0. The standard InChI is InChI=1S/C9H17N3O2/c1-2-13-7-3-5-10-6-4-9-11-8-12-14-9/h8,10H,2-7H2,1H3. The predicted octanol–water partition coefficient (Wildman–Crippen LogP) is 0.628. The Morgan fingerprint density at radius 1 is 1.50 bits per heavy atom. The molecule has 1 heterocycles. The van der Waals surface area contributed by atoms with Crippen molar-refractivity contribution in [2.24, 2.45) is 0 Å². The Hall–Kier alpha value is -0.940. The third-order valence-electron chi connectivity index (χ3n) is 1.77. The first-order chi connectivity index (χ1) is 6.93. The van der Waals surface area contributed by atoms with Crippen LogP contribution in [0.4, 0.5) is 0 Å². The van der Waals surface area contributed by atoms with E-state index in [1.165, 1.54) is 6.33 Å². The molecule has 0 radical (unpaired) electrons. The second kappa shape index (κ2) is 7.46.